The van der Waals surface area contributed by atoms with Crippen LogP contribution < -0.4 is 18.9 Å². The molecule has 0 fully saturated rings. The number of carbonyl (C=O) groups excluding carboxylic acids is 1. The molecule has 0 heterocycles. The van der Waals surface area contributed by atoms with Gasteiger partial charge in [0.25, 0.3) is 0 Å². The van der Waals surface area contributed by atoms with Crippen LogP contribution in [-0.2, 0) is 30.4 Å². The molecule has 8 aromatic carbocycles. The average Bonchev–Trinajstić information content (AvgIpc) is 3.25. The van der Waals surface area contributed by atoms with Gasteiger partial charge < -0.3 is 15.3 Å². The first-order chi connectivity index (χ1) is 26.9. The molecule has 8 aromatic rings. The zero-order valence-corrected chi connectivity index (χ0v) is 32.3. The number of rotatable bonds is 10. The molecule has 57 heavy (non-hydrogen) atoms. The molecule has 0 aliphatic heterocycles. The molecule has 0 spiro atoms. The molecule has 0 saturated carbocycles. The van der Waals surface area contributed by atoms with Gasteiger partial charge in [-0.2, -0.15) is 0 Å². The Morgan fingerprint density at radius 3 is 1.18 bits per heavy atom. The van der Waals surface area contributed by atoms with Crippen molar-refractivity contribution >= 4 is 33.5 Å². The Hall–Kier alpha value is -6.22. The molecular weight excluding hydrogens is 699 g/mol. The number of carboxylic acid groups (broad SMARTS) is 1. The van der Waals surface area contributed by atoms with E-state index in [1.54, 1.807) is 12.1 Å². The number of carbonyl (C=O) groups is 2. The van der Waals surface area contributed by atoms with E-state index in [4.69, 9.17) is 9.84 Å². The van der Waals surface area contributed by atoms with Crippen LogP contribution in [0.25, 0.3) is 43.8 Å². The molecule has 278 valence electrons. The number of benzene rings is 8. The van der Waals surface area contributed by atoms with Crippen molar-refractivity contribution in [3.63, 3.8) is 0 Å². The molecule has 0 atom stereocenters. The molecule has 0 amide bonds. The summed E-state index contributed by atoms with van der Waals surface area (Å²) in [5.74, 6) is -1.18. The van der Waals surface area contributed by atoms with Crippen molar-refractivity contribution in [1.29, 1.82) is 0 Å². The molecule has 0 radical (unpaired) electrons. The van der Waals surface area contributed by atoms with Gasteiger partial charge >= 0.3 is 30.8 Å². The van der Waals surface area contributed by atoms with E-state index in [1.807, 2.05) is 48.5 Å². The van der Waals surface area contributed by atoms with Gasteiger partial charge in [-0.05, 0) is 128 Å². The van der Waals surface area contributed by atoms with Gasteiger partial charge in [0.1, 0.15) is 0 Å². The second kappa shape index (κ2) is 20.1. The maximum atomic E-state index is 11.5. The minimum absolute atomic E-state index is 0. The van der Waals surface area contributed by atoms with Crippen LogP contribution in [0.3, 0.4) is 0 Å². The first-order valence-electron chi connectivity index (χ1n) is 18.6. The predicted molar refractivity (Wildman–Crippen MR) is 227 cm³/mol. The van der Waals surface area contributed by atoms with Crippen molar-refractivity contribution in [1.82, 2.24) is 0 Å². The molecule has 0 aliphatic carbocycles. The third kappa shape index (κ3) is 11.0. The Balaban J connectivity index is 0.000000210. The summed E-state index contributed by atoms with van der Waals surface area (Å²) in [5, 5.41) is 14.0. The van der Waals surface area contributed by atoms with Crippen LogP contribution in [0.5, 0.6) is 0 Å². The minimum Gasteiger partial charge on any atom is -0.870 e. The number of methoxy groups -OCH3 is 1. The van der Waals surface area contributed by atoms with Gasteiger partial charge in [0, 0.05) is 0 Å². The van der Waals surface area contributed by atoms with Crippen molar-refractivity contribution in [2.24, 2.45) is 0 Å². The van der Waals surface area contributed by atoms with E-state index in [0.29, 0.717) is 11.1 Å². The first kappa shape index (κ1) is 41.9. The number of hydrogen-bond donors (Lipinski definition) is 1. The van der Waals surface area contributed by atoms with Gasteiger partial charge in [-0.3, -0.25) is 0 Å². The fourth-order valence-corrected chi connectivity index (χ4v) is 6.84. The van der Waals surface area contributed by atoms with Crippen molar-refractivity contribution in [2.45, 2.75) is 25.7 Å². The standard InChI is InChI=1S/C26H22O2.C25H20O2.Li.H2O/c1-28-26(27)22-12-9-19(10-13-22)7-8-20-11-14-25-18-24(16-15-23(25)17-20)21-5-3-2-4-6-21;26-25(27)21-11-8-18(9-12-21)6-7-19-10-13-24-17-23(15-14-22(24)16-19)20-4-2-1-3-5-20;;/h2-6,9-18H,7-8H2,1H3;1-5,8-17H,6-7H2,(H,26,27);;1H2/q;;+1;/p-1. The number of aryl methyl sites for hydroxylation is 4. The van der Waals surface area contributed by atoms with Gasteiger partial charge in [0.2, 0.25) is 0 Å². The van der Waals surface area contributed by atoms with Crippen LogP contribution in [0, 0.1) is 0 Å². The molecule has 0 saturated heterocycles. The van der Waals surface area contributed by atoms with E-state index in [2.05, 4.69) is 121 Å². The molecular formula is C51H43LiO5. The summed E-state index contributed by atoms with van der Waals surface area (Å²) in [6, 6.07) is 62.2. The van der Waals surface area contributed by atoms with Gasteiger partial charge in [0.05, 0.1) is 18.2 Å². The van der Waals surface area contributed by atoms with Crippen LogP contribution in [0.2, 0.25) is 0 Å². The summed E-state index contributed by atoms with van der Waals surface area (Å²) in [5.41, 5.74) is 10.8. The summed E-state index contributed by atoms with van der Waals surface area (Å²) in [4.78, 5) is 22.5. The largest absolute Gasteiger partial charge is 1.00 e. The summed E-state index contributed by atoms with van der Waals surface area (Å²) in [6.07, 6.45) is 3.74. The topological polar surface area (TPSA) is 93.6 Å². The molecule has 0 bridgehead atoms. The molecule has 8 rings (SSSR count). The Morgan fingerprint density at radius 1 is 0.421 bits per heavy atom. The number of esters is 1. The Kier molecular flexibility index (Phi) is 14.8. The van der Waals surface area contributed by atoms with Crippen LogP contribution in [-0.4, -0.2) is 29.6 Å². The predicted octanol–water partition coefficient (Wildman–Crippen LogP) is 8.90. The molecule has 2 N–H and O–H groups in total. The van der Waals surface area contributed by atoms with E-state index in [-0.39, 0.29) is 30.3 Å². The van der Waals surface area contributed by atoms with E-state index in [0.717, 1.165) is 31.2 Å². The summed E-state index contributed by atoms with van der Waals surface area (Å²) in [7, 11) is 1.40. The Bertz CT molecular complexity index is 2550. The van der Waals surface area contributed by atoms with Gasteiger partial charge in [-0.1, -0.05) is 146 Å². The van der Waals surface area contributed by atoms with Crippen LogP contribution >= 0.6 is 0 Å². The number of ether oxygens (including phenoxy) is 1. The molecule has 0 aromatic heterocycles. The smallest absolute Gasteiger partial charge is 0.870 e. The third-order valence-corrected chi connectivity index (χ3v) is 10.0. The van der Waals surface area contributed by atoms with Crippen LogP contribution in [0.4, 0.5) is 0 Å². The zero-order valence-electron chi connectivity index (χ0n) is 32.3. The maximum absolute atomic E-state index is 11.5. The molecule has 0 aliphatic rings. The second-order valence-corrected chi connectivity index (χ2v) is 13.7. The summed E-state index contributed by atoms with van der Waals surface area (Å²) in [6.45, 7) is 0. The van der Waals surface area contributed by atoms with E-state index in [9.17, 15) is 9.59 Å². The second-order valence-electron chi connectivity index (χ2n) is 13.7. The van der Waals surface area contributed by atoms with Gasteiger partial charge in [-0.25, -0.2) is 9.59 Å². The number of aromatic carboxylic acids is 1. The number of hydrogen-bond acceptors (Lipinski definition) is 4. The van der Waals surface area contributed by atoms with E-state index >= 15 is 0 Å². The average molecular weight is 743 g/mol. The van der Waals surface area contributed by atoms with E-state index in [1.165, 1.54) is 67.6 Å². The van der Waals surface area contributed by atoms with Gasteiger partial charge in [-0.15, -0.1) is 0 Å². The quantitative estimate of drug-likeness (QED) is 0.112. The Labute approximate surface area is 346 Å². The number of carboxylic acids is 1. The monoisotopic (exact) mass is 742 g/mol. The van der Waals surface area contributed by atoms with Crippen molar-refractivity contribution in [2.75, 3.05) is 7.11 Å². The summed E-state index contributed by atoms with van der Waals surface area (Å²) < 4.78 is 4.74. The Morgan fingerprint density at radius 2 is 0.772 bits per heavy atom. The van der Waals surface area contributed by atoms with E-state index < -0.39 is 5.97 Å². The van der Waals surface area contributed by atoms with Crippen LogP contribution in [0.1, 0.15) is 43.0 Å². The third-order valence-electron chi connectivity index (χ3n) is 10.0. The fourth-order valence-electron chi connectivity index (χ4n) is 6.84. The molecule has 0 unspecified atom stereocenters. The van der Waals surface area contributed by atoms with Crippen molar-refractivity contribution in [3.05, 3.63) is 215 Å². The van der Waals surface area contributed by atoms with Crippen LogP contribution in [0.15, 0.2) is 182 Å². The summed E-state index contributed by atoms with van der Waals surface area (Å²) >= 11 is 0. The molecule has 6 heteroatoms. The zero-order chi connectivity index (χ0) is 38.0. The normalized spacial score (nSPS) is 10.4. The molecule has 5 nitrogen and oxygen atoms in total. The van der Waals surface area contributed by atoms with Crippen molar-refractivity contribution < 1.29 is 43.8 Å². The van der Waals surface area contributed by atoms with Gasteiger partial charge in [0.15, 0.2) is 0 Å². The fraction of sp³-hybridized carbons (Fsp3) is 0.0980. The maximum Gasteiger partial charge on any atom is 1.00 e. The first-order valence-corrected chi connectivity index (χ1v) is 18.6. The van der Waals surface area contributed by atoms with Crippen molar-refractivity contribution in [3.8, 4) is 22.3 Å². The minimum atomic E-state index is -0.883. The SMILES string of the molecule is COC(=O)c1ccc(CCc2ccc3cc(-c4ccccc4)ccc3c2)cc1.O=C(O)c1ccc(CCc2ccc3cc(-c4ccccc4)ccc3c2)cc1.[Li+].[OH-]. The number of fused-ring (bicyclic) bond motifs is 2.